The van der Waals surface area contributed by atoms with Gasteiger partial charge in [0, 0.05) is 6.20 Å². The molecule has 0 fully saturated rings. The van der Waals surface area contributed by atoms with Crippen LogP contribution in [0.4, 0.5) is 0 Å². The third-order valence-corrected chi connectivity index (χ3v) is 8.01. The highest BCUT2D eigenvalue weighted by molar-refractivity contribution is 14.1. The number of nitrogens with zero attached hydrogens (tertiary/aromatic N) is 2. The predicted molar refractivity (Wildman–Crippen MR) is 161 cm³/mol. The Labute approximate surface area is 251 Å². The van der Waals surface area contributed by atoms with Crippen molar-refractivity contribution in [1.29, 1.82) is 0 Å². The zero-order valence-corrected chi connectivity index (χ0v) is 25.9. The SMILES string of the molecule is C#CCOc1c(Br)cc(/C=c2\sc3n(c2=O)[C@@H](c2ccc(OCC)c(OCC)c2)C(C(=O)OC)=CN=3)cc1I. The fourth-order valence-electron chi connectivity index (χ4n) is 4.05. The highest BCUT2D eigenvalue weighted by Crippen LogP contribution is 2.35. The van der Waals surface area contributed by atoms with Crippen molar-refractivity contribution in [2.75, 3.05) is 26.9 Å². The number of carbonyl (C=O) groups is 1. The van der Waals surface area contributed by atoms with Gasteiger partial charge < -0.3 is 18.9 Å². The van der Waals surface area contributed by atoms with Gasteiger partial charge >= 0.3 is 5.97 Å². The van der Waals surface area contributed by atoms with Crippen LogP contribution in [0.5, 0.6) is 17.2 Å². The minimum atomic E-state index is -0.767. The molecule has 0 N–H and O–H groups in total. The van der Waals surface area contributed by atoms with Crippen molar-refractivity contribution in [2.45, 2.75) is 19.9 Å². The largest absolute Gasteiger partial charge is 0.490 e. The number of fused-ring (bicyclic) bond motifs is 1. The van der Waals surface area contributed by atoms with Crippen LogP contribution in [0.15, 0.2) is 56.4 Å². The minimum Gasteiger partial charge on any atom is -0.490 e. The van der Waals surface area contributed by atoms with Crippen molar-refractivity contribution in [3.05, 3.63) is 81.0 Å². The molecular weight excluding hydrogens is 699 g/mol. The molecule has 0 saturated carbocycles. The van der Waals surface area contributed by atoms with E-state index in [-0.39, 0.29) is 17.7 Å². The Morgan fingerprint density at radius 3 is 2.62 bits per heavy atom. The molecule has 0 radical (unpaired) electrons. The van der Waals surface area contributed by atoms with Crippen LogP contribution in [0.25, 0.3) is 6.08 Å². The van der Waals surface area contributed by atoms with Gasteiger partial charge in [-0.05, 0) is 93.8 Å². The highest BCUT2D eigenvalue weighted by Gasteiger charge is 2.31. The van der Waals surface area contributed by atoms with E-state index in [2.05, 4.69) is 49.4 Å². The molecule has 0 unspecified atom stereocenters. The molecule has 1 aromatic heterocycles. The van der Waals surface area contributed by atoms with Crippen molar-refractivity contribution in [3.8, 4) is 29.6 Å². The maximum atomic E-state index is 13.8. The fraction of sp³-hybridized carbons (Fsp3) is 0.250. The molecule has 0 aliphatic carbocycles. The number of hydrogen-bond acceptors (Lipinski definition) is 8. The van der Waals surface area contributed by atoms with E-state index in [9.17, 15) is 9.59 Å². The smallest absolute Gasteiger partial charge is 0.337 e. The Hall–Kier alpha value is -3.08. The highest BCUT2D eigenvalue weighted by atomic mass is 127. The average Bonchev–Trinajstić information content (AvgIpc) is 3.23. The second kappa shape index (κ2) is 12.8. The van der Waals surface area contributed by atoms with Gasteiger partial charge in [-0.2, -0.15) is 0 Å². The maximum Gasteiger partial charge on any atom is 0.337 e. The predicted octanol–water partition coefficient (Wildman–Crippen LogP) is 4.19. The standard InChI is InChI=1S/C28H24BrIN2O6S/c1-5-10-38-25-19(29)11-16(12-20(25)30)13-23-26(33)32-24(18(27(34)35-4)15-31-28(32)39-23)17-8-9-21(36-6-2)22(14-17)37-7-3/h1,8-9,11-15,24H,6-7,10H2,2-4H3/b23-13-/t24-/m0/s1. The first-order valence-electron chi connectivity index (χ1n) is 11.9. The van der Waals surface area contributed by atoms with Crippen LogP contribution in [0.3, 0.4) is 0 Å². The van der Waals surface area contributed by atoms with Gasteiger partial charge in [0.15, 0.2) is 16.3 Å². The van der Waals surface area contributed by atoms with Crippen LogP contribution in [0.2, 0.25) is 0 Å². The molecular formula is C28H24BrIN2O6S. The quantitative estimate of drug-likeness (QED) is 0.187. The molecule has 0 bridgehead atoms. The Morgan fingerprint density at radius 1 is 1.21 bits per heavy atom. The van der Waals surface area contributed by atoms with Gasteiger partial charge in [-0.15, -0.1) is 6.42 Å². The Balaban J connectivity index is 1.87. The van der Waals surface area contributed by atoms with E-state index in [0.717, 1.165) is 9.13 Å². The number of ether oxygens (including phenoxy) is 4. The van der Waals surface area contributed by atoms with Gasteiger partial charge in [0.1, 0.15) is 12.4 Å². The van der Waals surface area contributed by atoms with Gasteiger partial charge in [-0.1, -0.05) is 23.3 Å². The Kier molecular flexibility index (Phi) is 9.53. The van der Waals surface area contributed by atoms with E-state index in [1.54, 1.807) is 18.2 Å². The van der Waals surface area contributed by atoms with E-state index < -0.39 is 12.0 Å². The lowest BCUT2D eigenvalue weighted by atomic mass is 9.97. The molecule has 0 saturated heterocycles. The van der Waals surface area contributed by atoms with Crippen molar-refractivity contribution in [1.82, 2.24) is 4.57 Å². The van der Waals surface area contributed by atoms with Crippen molar-refractivity contribution < 1.29 is 23.7 Å². The lowest BCUT2D eigenvalue weighted by molar-refractivity contribution is -0.136. The zero-order chi connectivity index (χ0) is 28.1. The second-order valence-electron chi connectivity index (χ2n) is 8.05. The lowest BCUT2D eigenvalue weighted by Crippen LogP contribution is -2.39. The summed E-state index contributed by atoms with van der Waals surface area (Å²) >= 11 is 6.92. The monoisotopic (exact) mass is 722 g/mol. The normalized spacial score (nSPS) is 14.5. The topological polar surface area (TPSA) is 88.3 Å². The van der Waals surface area contributed by atoms with Crippen LogP contribution in [-0.2, 0) is 9.53 Å². The fourth-order valence-corrected chi connectivity index (χ4v) is 6.79. The zero-order valence-electron chi connectivity index (χ0n) is 21.3. The second-order valence-corrected chi connectivity index (χ2v) is 11.1. The van der Waals surface area contributed by atoms with Crippen LogP contribution >= 0.6 is 49.9 Å². The van der Waals surface area contributed by atoms with E-state index in [0.29, 0.717) is 49.8 Å². The summed E-state index contributed by atoms with van der Waals surface area (Å²) in [6, 6.07) is 8.35. The number of rotatable bonds is 9. The van der Waals surface area contributed by atoms with Gasteiger partial charge in [0.05, 0.1) is 44.5 Å². The first kappa shape index (κ1) is 28.9. The molecule has 1 aliphatic heterocycles. The molecule has 0 amide bonds. The summed E-state index contributed by atoms with van der Waals surface area (Å²) in [6.45, 7) is 4.79. The number of methoxy groups -OCH3 is 1. The van der Waals surface area contributed by atoms with Crippen molar-refractivity contribution in [2.24, 2.45) is 4.99 Å². The minimum absolute atomic E-state index is 0.144. The number of halogens is 2. The number of esters is 1. The summed E-state index contributed by atoms with van der Waals surface area (Å²) in [5.41, 5.74) is 1.39. The molecule has 1 aliphatic rings. The first-order valence-corrected chi connectivity index (χ1v) is 14.6. The molecule has 11 heteroatoms. The lowest BCUT2D eigenvalue weighted by Gasteiger charge is -2.23. The van der Waals surface area contributed by atoms with Gasteiger partial charge in [0.2, 0.25) is 0 Å². The Morgan fingerprint density at radius 2 is 1.95 bits per heavy atom. The van der Waals surface area contributed by atoms with Crippen LogP contribution in [-0.4, -0.2) is 37.5 Å². The number of thiazole rings is 1. The summed E-state index contributed by atoms with van der Waals surface area (Å²) in [4.78, 5) is 31.5. The van der Waals surface area contributed by atoms with Crippen LogP contribution in [0, 0.1) is 15.9 Å². The molecule has 0 spiro atoms. The van der Waals surface area contributed by atoms with Crippen LogP contribution in [0.1, 0.15) is 31.0 Å². The molecule has 3 aromatic rings. The number of terminal acetylenes is 1. The van der Waals surface area contributed by atoms with Crippen LogP contribution < -0.4 is 29.1 Å². The van der Waals surface area contributed by atoms with E-state index in [4.69, 9.17) is 25.4 Å². The number of hydrogen-bond donors (Lipinski definition) is 0. The molecule has 2 aromatic carbocycles. The number of carbonyl (C=O) groups excluding carboxylic acids is 1. The number of benzene rings is 2. The van der Waals surface area contributed by atoms with E-state index in [1.807, 2.05) is 32.0 Å². The molecule has 202 valence electrons. The van der Waals surface area contributed by atoms with Gasteiger partial charge in [-0.3, -0.25) is 9.36 Å². The third-order valence-electron chi connectivity index (χ3n) is 5.63. The summed E-state index contributed by atoms with van der Waals surface area (Å²) in [5, 5.41) is 0. The summed E-state index contributed by atoms with van der Waals surface area (Å²) in [6.07, 6.45) is 8.56. The van der Waals surface area contributed by atoms with E-state index in [1.165, 1.54) is 29.2 Å². The van der Waals surface area contributed by atoms with Gasteiger partial charge in [0.25, 0.3) is 5.56 Å². The van der Waals surface area contributed by atoms with Crippen molar-refractivity contribution >= 4 is 61.9 Å². The van der Waals surface area contributed by atoms with Gasteiger partial charge in [-0.25, -0.2) is 9.79 Å². The molecule has 8 nitrogen and oxygen atoms in total. The molecule has 1 atom stereocenters. The summed E-state index contributed by atoms with van der Waals surface area (Å²) in [5.74, 6) is 3.61. The Bertz CT molecular complexity index is 1650. The molecule has 4 rings (SSSR count). The summed E-state index contributed by atoms with van der Waals surface area (Å²) in [7, 11) is 1.30. The number of aromatic nitrogens is 1. The molecule has 39 heavy (non-hydrogen) atoms. The third kappa shape index (κ3) is 6.08. The average molecular weight is 723 g/mol. The first-order chi connectivity index (χ1) is 18.8. The van der Waals surface area contributed by atoms with E-state index >= 15 is 0 Å². The maximum absolute atomic E-state index is 13.8. The molecule has 2 heterocycles. The summed E-state index contributed by atoms with van der Waals surface area (Å²) < 4.78 is 25.7. The van der Waals surface area contributed by atoms with Crippen molar-refractivity contribution in [3.63, 3.8) is 0 Å².